The Morgan fingerprint density at radius 1 is 0.786 bits per heavy atom. The highest BCUT2D eigenvalue weighted by molar-refractivity contribution is 6.33. The highest BCUT2D eigenvalue weighted by Gasteiger charge is 2.24. The number of nitrogens with one attached hydrogen (secondary N) is 1. The first-order valence-corrected chi connectivity index (χ1v) is 9.80. The van der Waals surface area contributed by atoms with Crippen LogP contribution in [0.3, 0.4) is 0 Å². The molecule has 1 N–H and O–H groups in total. The monoisotopic (exact) mass is 391 g/mol. The third kappa shape index (κ3) is 3.97. The van der Waals surface area contributed by atoms with Crippen LogP contribution in [0, 0.1) is 0 Å². The van der Waals surface area contributed by atoms with Crippen LogP contribution in [0.5, 0.6) is 0 Å². The summed E-state index contributed by atoms with van der Waals surface area (Å²) >= 11 is 6.32. The van der Waals surface area contributed by atoms with E-state index in [0.29, 0.717) is 18.7 Å². The van der Waals surface area contributed by atoms with Crippen molar-refractivity contribution in [3.8, 4) is 0 Å². The molecular formula is C23H22ClN3O. The lowest BCUT2D eigenvalue weighted by Crippen LogP contribution is -2.49. The topological polar surface area (TPSA) is 35.6 Å². The van der Waals surface area contributed by atoms with Crippen LogP contribution in [-0.2, 0) is 0 Å². The molecule has 1 fully saturated rings. The van der Waals surface area contributed by atoms with Gasteiger partial charge < -0.3 is 15.1 Å². The molecule has 0 unspecified atom stereocenters. The molecule has 0 atom stereocenters. The fourth-order valence-electron chi connectivity index (χ4n) is 3.48. The Hall–Kier alpha value is -2.98. The van der Waals surface area contributed by atoms with Gasteiger partial charge in [0, 0.05) is 31.9 Å². The predicted octanol–water partition coefficient (Wildman–Crippen LogP) is 5.05. The number of nitrogens with zero attached hydrogens (tertiary/aromatic N) is 2. The van der Waals surface area contributed by atoms with Crippen LogP contribution >= 0.6 is 11.6 Å². The van der Waals surface area contributed by atoms with E-state index in [1.165, 1.54) is 0 Å². The number of benzene rings is 3. The van der Waals surface area contributed by atoms with E-state index in [1.54, 1.807) is 0 Å². The van der Waals surface area contributed by atoms with E-state index in [0.717, 1.165) is 35.2 Å². The van der Waals surface area contributed by atoms with Crippen molar-refractivity contribution in [1.29, 1.82) is 0 Å². The van der Waals surface area contributed by atoms with Gasteiger partial charge in [-0.25, -0.2) is 0 Å². The molecule has 0 saturated carbocycles. The largest absolute Gasteiger partial charge is 0.367 e. The Labute approximate surface area is 170 Å². The lowest BCUT2D eigenvalue weighted by atomic mass is 10.1. The maximum Gasteiger partial charge on any atom is 0.256 e. The first-order chi connectivity index (χ1) is 13.7. The van der Waals surface area contributed by atoms with Gasteiger partial charge in [0.1, 0.15) is 0 Å². The third-order valence-electron chi connectivity index (χ3n) is 4.97. The second-order valence-corrected chi connectivity index (χ2v) is 7.17. The fraction of sp³-hybridized carbons (Fsp3) is 0.174. The molecule has 3 aromatic carbocycles. The summed E-state index contributed by atoms with van der Waals surface area (Å²) in [5, 5.41) is 4.11. The molecule has 1 amide bonds. The van der Waals surface area contributed by atoms with Gasteiger partial charge in [-0.3, -0.25) is 4.79 Å². The molecule has 1 aliphatic rings. The molecule has 0 radical (unpaired) electrons. The first kappa shape index (κ1) is 18.4. The number of piperazine rings is 1. The fourth-order valence-corrected chi connectivity index (χ4v) is 3.74. The second kappa shape index (κ2) is 8.36. The van der Waals surface area contributed by atoms with E-state index in [-0.39, 0.29) is 5.91 Å². The summed E-state index contributed by atoms with van der Waals surface area (Å²) in [5.41, 5.74) is 3.51. The van der Waals surface area contributed by atoms with Crippen molar-refractivity contribution < 1.29 is 4.79 Å². The summed E-state index contributed by atoms with van der Waals surface area (Å²) in [5.74, 6) is 0.0536. The molecular weight excluding hydrogens is 370 g/mol. The van der Waals surface area contributed by atoms with Gasteiger partial charge in [-0.1, -0.05) is 54.1 Å². The molecule has 4 rings (SSSR count). The van der Waals surface area contributed by atoms with Crippen LogP contribution in [-0.4, -0.2) is 37.0 Å². The molecule has 4 nitrogen and oxygen atoms in total. The van der Waals surface area contributed by atoms with Crippen molar-refractivity contribution in [2.45, 2.75) is 0 Å². The smallest absolute Gasteiger partial charge is 0.256 e. The van der Waals surface area contributed by atoms with Gasteiger partial charge in [0.2, 0.25) is 0 Å². The molecule has 1 saturated heterocycles. The number of carbonyl (C=O) groups excluding carboxylic acids is 1. The van der Waals surface area contributed by atoms with Crippen molar-refractivity contribution in [2.24, 2.45) is 0 Å². The summed E-state index contributed by atoms with van der Waals surface area (Å²) in [6.45, 7) is 2.88. The number of para-hydroxylation sites is 3. The minimum atomic E-state index is 0.0536. The lowest BCUT2D eigenvalue weighted by molar-refractivity contribution is 0.0748. The molecule has 142 valence electrons. The Bertz CT molecular complexity index is 953. The Balaban J connectivity index is 1.47. The standard InChI is InChI=1S/C23H22ClN3O/c24-20-11-5-7-13-22(20)26-14-16-27(17-15-26)23(28)19-10-4-6-12-21(19)25-18-8-2-1-3-9-18/h1-13,25H,14-17H2. The zero-order chi connectivity index (χ0) is 19.3. The molecule has 5 heteroatoms. The summed E-state index contributed by atoms with van der Waals surface area (Å²) in [4.78, 5) is 17.3. The lowest BCUT2D eigenvalue weighted by Gasteiger charge is -2.36. The van der Waals surface area contributed by atoms with Crippen LogP contribution in [0.15, 0.2) is 78.9 Å². The van der Waals surface area contributed by atoms with E-state index in [9.17, 15) is 4.79 Å². The predicted molar refractivity (Wildman–Crippen MR) is 116 cm³/mol. The van der Waals surface area contributed by atoms with Crippen molar-refractivity contribution in [3.05, 3.63) is 89.4 Å². The van der Waals surface area contributed by atoms with Gasteiger partial charge in [0.05, 0.1) is 22.0 Å². The number of hydrogen-bond donors (Lipinski definition) is 1. The Kier molecular flexibility index (Phi) is 5.49. The van der Waals surface area contributed by atoms with E-state index >= 15 is 0 Å². The van der Waals surface area contributed by atoms with Crippen molar-refractivity contribution in [1.82, 2.24) is 4.90 Å². The summed E-state index contributed by atoms with van der Waals surface area (Å²) in [7, 11) is 0. The molecule has 28 heavy (non-hydrogen) atoms. The van der Waals surface area contributed by atoms with Crippen LogP contribution in [0.25, 0.3) is 0 Å². The van der Waals surface area contributed by atoms with Gasteiger partial charge in [0.25, 0.3) is 5.91 Å². The minimum Gasteiger partial charge on any atom is -0.367 e. The number of rotatable bonds is 4. The molecule has 1 aliphatic heterocycles. The average Bonchev–Trinajstić information content (AvgIpc) is 2.75. The molecule has 1 heterocycles. The molecule has 0 spiro atoms. The van der Waals surface area contributed by atoms with Crippen molar-refractivity contribution in [2.75, 3.05) is 36.4 Å². The number of anilines is 3. The number of amides is 1. The Morgan fingerprint density at radius 2 is 1.43 bits per heavy atom. The number of carbonyl (C=O) groups is 1. The quantitative estimate of drug-likeness (QED) is 0.676. The first-order valence-electron chi connectivity index (χ1n) is 9.42. The average molecular weight is 392 g/mol. The summed E-state index contributed by atoms with van der Waals surface area (Å²) in [6.07, 6.45) is 0. The molecule has 0 aromatic heterocycles. The molecule has 0 bridgehead atoms. The molecule has 3 aromatic rings. The van der Waals surface area contributed by atoms with Gasteiger partial charge in [-0.15, -0.1) is 0 Å². The SMILES string of the molecule is O=C(c1ccccc1Nc1ccccc1)N1CCN(c2ccccc2Cl)CC1. The van der Waals surface area contributed by atoms with Crippen molar-refractivity contribution >= 4 is 34.6 Å². The van der Waals surface area contributed by atoms with Gasteiger partial charge in [-0.05, 0) is 36.4 Å². The number of halogens is 1. The number of hydrogen-bond acceptors (Lipinski definition) is 3. The summed E-state index contributed by atoms with van der Waals surface area (Å²) in [6, 6.07) is 25.4. The maximum absolute atomic E-state index is 13.2. The summed E-state index contributed by atoms with van der Waals surface area (Å²) < 4.78 is 0. The van der Waals surface area contributed by atoms with Crippen LogP contribution in [0.2, 0.25) is 5.02 Å². The van der Waals surface area contributed by atoms with E-state index in [2.05, 4.69) is 10.2 Å². The van der Waals surface area contributed by atoms with Gasteiger partial charge in [0.15, 0.2) is 0 Å². The van der Waals surface area contributed by atoms with Crippen molar-refractivity contribution in [3.63, 3.8) is 0 Å². The Morgan fingerprint density at radius 3 is 2.18 bits per heavy atom. The maximum atomic E-state index is 13.2. The van der Waals surface area contributed by atoms with E-state index in [1.807, 2.05) is 83.8 Å². The van der Waals surface area contributed by atoms with Gasteiger partial charge in [-0.2, -0.15) is 0 Å². The zero-order valence-electron chi connectivity index (χ0n) is 15.5. The van der Waals surface area contributed by atoms with Crippen LogP contribution < -0.4 is 10.2 Å². The van der Waals surface area contributed by atoms with Crippen LogP contribution in [0.1, 0.15) is 10.4 Å². The normalized spacial score (nSPS) is 14.0. The third-order valence-corrected chi connectivity index (χ3v) is 5.29. The van der Waals surface area contributed by atoms with Crippen LogP contribution in [0.4, 0.5) is 17.1 Å². The minimum absolute atomic E-state index is 0.0536. The highest BCUT2D eigenvalue weighted by Crippen LogP contribution is 2.27. The van der Waals surface area contributed by atoms with E-state index in [4.69, 9.17) is 11.6 Å². The second-order valence-electron chi connectivity index (χ2n) is 6.77. The van der Waals surface area contributed by atoms with Gasteiger partial charge >= 0.3 is 0 Å². The highest BCUT2D eigenvalue weighted by atomic mass is 35.5. The van der Waals surface area contributed by atoms with E-state index < -0.39 is 0 Å². The molecule has 0 aliphatic carbocycles. The zero-order valence-corrected chi connectivity index (χ0v) is 16.3.